The molecule has 0 radical (unpaired) electrons. The first-order valence-corrected chi connectivity index (χ1v) is 7.32. The Balaban J connectivity index is 1.74. The number of hydrogen-bond acceptors (Lipinski definition) is 3. The standard InChI is InChI=1S/C17H16F2N2O2/c18-15-5-4-12(10-16(15)19)17(22)20-13-2-1-3-14(11-13)21-6-8-23-9-7-21/h1-5,10-11H,6-9H2,(H,20,22). The van der Waals surface area contributed by atoms with Gasteiger partial charge < -0.3 is 15.0 Å². The number of rotatable bonds is 3. The fourth-order valence-electron chi connectivity index (χ4n) is 2.44. The van der Waals surface area contributed by atoms with E-state index in [2.05, 4.69) is 10.2 Å². The lowest BCUT2D eigenvalue weighted by molar-refractivity contribution is 0.102. The second-order valence-corrected chi connectivity index (χ2v) is 5.23. The molecule has 2 aromatic carbocycles. The van der Waals surface area contributed by atoms with Gasteiger partial charge in [-0.15, -0.1) is 0 Å². The fraction of sp³-hybridized carbons (Fsp3) is 0.235. The molecule has 1 saturated heterocycles. The lowest BCUT2D eigenvalue weighted by atomic mass is 10.2. The van der Waals surface area contributed by atoms with Gasteiger partial charge in [-0.2, -0.15) is 0 Å². The van der Waals surface area contributed by atoms with E-state index >= 15 is 0 Å². The zero-order valence-electron chi connectivity index (χ0n) is 12.4. The Morgan fingerprint density at radius 1 is 1.04 bits per heavy atom. The predicted molar refractivity (Wildman–Crippen MR) is 83.8 cm³/mol. The number of morpholine rings is 1. The summed E-state index contributed by atoms with van der Waals surface area (Å²) in [5.74, 6) is -2.50. The van der Waals surface area contributed by atoms with E-state index in [9.17, 15) is 13.6 Å². The Bertz CT molecular complexity index is 715. The second-order valence-electron chi connectivity index (χ2n) is 5.23. The van der Waals surface area contributed by atoms with Gasteiger partial charge in [0.25, 0.3) is 5.91 Å². The third kappa shape index (κ3) is 3.65. The maximum absolute atomic E-state index is 13.2. The molecular formula is C17H16F2N2O2. The second kappa shape index (κ2) is 6.75. The summed E-state index contributed by atoms with van der Waals surface area (Å²) in [6.45, 7) is 2.93. The Morgan fingerprint density at radius 2 is 1.83 bits per heavy atom. The largest absolute Gasteiger partial charge is 0.378 e. The van der Waals surface area contributed by atoms with Gasteiger partial charge in [-0.3, -0.25) is 4.79 Å². The third-order valence-corrected chi connectivity index (χ3v) is 3.66. The smallest absolute Gasteiger partial charge is 0.255 e. The average molecular weight is 318 g/mol. The average Bonchev–Trinajstić information content (AvgIpc) is 2.58. The van der Waals surface area contributed by atoms with E-state index in [1.54, 1.807) is 6.07 Å². The molecule has 1 aliphatic heterocycles. The van der Waals surface area contributed by atoms with E-state index in [0.717, 1.165) is 30.9 Å². The van der Waals surface area contributed by atoms with Gasteiger partial charge in [-0.05, 0) is 36.4 Å². The summed E-state index contributed by atoms with van der Waals surface area (Å²) >= 11 is 0. The van der Waals surface area contributed by atoms with Crippen molar-refractivity contribution >= 4 is 17.3 Å². The minimum Gasteiger partial charge on any atom is -0.378 e. The highest BCUT2D eigenvalue weighted by atomic mass is 19.2. The van der Waals surface area contributed by atoms with Gasteiger partial charge in [0.05, 0.1) is 13.2 Å². The first-order chi connectivity index (χ1) is 11.1. The van der Waals surface area contributed by atoms with Crippen molar-refractivity contribution in [1.82, 2.24) is 0 Å². The number of ether oxygens (including phenoxy) is 1. The summed E-state index contributed by atoms with van der Waals surface area (Å²) in [7, 11) is 0. The highest BCUT2D eigenvalue weighted by molar-refractivity contribution is 6.04. The maximum Gasteiger partial charge on any atom is 0.255 e. The van der Waals surface area contributed by atoms with Crippen molar-refractivity contribution < 1.29 is 18.3 Å². The van der Waals surface area contributed by atoms with Gasteiger partial charge in [-0.25, -0.2) is 8.78 Å². The minimum absolute atomic E-state index is 0.0701. The lowest BCUT2D eigenvalue weighted by Crippen LogP contribution is -2.36. The van der Waals surface area contributed by atoms with Crippen molar-refractivity contribution in [3.63, 3.8) is 0 Å². The van der Waals surface area contributed by atoms with Crippen LogP contribution in [0.4, 0.5) is 20.2 Å². The van der Waals surface area contributed by atoms with Gasteiger partial charge in [-0.1, -0.05) is 6.07 Å². The molecule has 1 amide bonds. The molecule has 1 aliphatic rings. The van der Waals surface area contributed by atoms with Crippen LogP contribution in [-0.2, 0) is 4.74 Å². The van der Waals surface area contributed by atoms with E-state index in [1.165, 1.54) is 6.07 Å². The van der Waals surface area contributed by atoms with Crippen LogP contribution in [-0.4, -0.2) is 32.2 Å². The van der Waals surface area contributed by atoms with Crippen LogP contribution in [0.3, 0.4) is 0 Å². The van der Waals surface area contributed by atoms with Crippen molar-refractivity contribution in [3.05, 3.63) is 59.7 Å². The first kappa shape index (κ1) is 15.4. The van der Waals surface area contributed by atoms with Crippen LogP contribution in [0.15, 0.2) is 42.5 Å². The summed E-state index contributed by atoms with van der Waals surface area (Å²) < 4.78 is 31.5. The van der Waals surface area contributed by atoms with E-state index in [0.29, 0.717) is 18.9 Å². The molecule has 23 heavy (non-hydrogen) atoms. The molecule has 0 aliphatic carbocycles. The molecule has 1 fully saturated rings. The van der Waals surface area contributed by atoms with Crippen molar-refractivity contribution in [2.45, 2.75) is 0 Å². The lowest BCUT2D eigenvalue weighted by Gasteiger charge is -2.29. The number of carbonyl (C=O) groups is 1. The summed E-state index contributed by atoms with van der Waals surface area (Å²) in [4.78, 5) is 14.3. The van der Waals surface area contributed by atoms with E-state index in [4.69, 9.17) is 4.74 Å². The van der Waals surface area contributed by atoms with Crippen LogP contribution in [0, 0.1) is 11.6 Å². The Kier molecular flexibility index (Phi) is 4.52. The number of hydrogen-bond donors (Lipinski definition) is 1. The summed E-state index contributed by atoms with van der Waals surface area (Å²) in [5, 5.41) is 2.70. The maximum atomic E-state index is 13.2. The van der Waals surface area contributed by atoms with Crippen molar-refractivity contribution in [2.24, 2.45) is 0 Å². The van der Waals surface area contributed by atoms with E-state index in [1.807, 2.05) is 18.2 Å². The molecule has 1 N–H and O–H groups in total. The van der Waals surface area contributed by atoms with Crippen LogP contribution in [0.25, 0.3) is 0 Å². The van der Waals surface area contributed by atoms with Crippen LogP contribution >= 0.6 is 0 Å². The van der Waals surface area contributed by atoms with Crippen LogP contribution in [0.2, 0.25) is 0 Å². The van der Waals surface area contributed by atoms with Gasteiger partial charge in [0.15, 0.2) is 11.6 Å². The topological polar surface area (TPSA) is 41.6 Å². The van der Waals surface area contributed by atoms with E-state index < -0.39 is 17.5 Å². The van der Waals surface area contributed by atoms with Crippen LogP contribution < -0.4 is 10.2 Å². The molecule has 1 heterocycles. The molecule has 6 heteroatoms. The highest BCUT2D eigenvalue weighted by Crippen LogP contribution is 2.21. The fourth-order valence-corrected chi connectivity index (χ4v) is 2.44. The zero-order chi connectivity index (χ0) is 16.2. The summed E-state index contributed by atoms with van der Waals surface area (Å²) in [6, 6.07) is 10.5. The summed E-state index contributed by atoms with van der Waals surface area (Å²) in [5.41, 5.74) is 1.65. The number of anilines is 2. The molecule has 3 rings (SSSR count). The molecule has 0 atom stereocenters. The molecule has 4 nitrogen and oxygen atoms in total. The number of halogens is 2. The Hall–Kier alpha value is -2.47. The molecule has 0 unspecified atom stereocenters. The molecule has 0 saturated carbocycles. The normalized spacial score (nSPS) is 14.6. The molecule has 0 aromatic heterocycles. The van der Waals surface area contributed by atoms with Gasteiger partial charge in [0.2, 0.25) is 0 Å². The van der Waals surface area contributed by atoms with Gasteiger partial charge in [0.1, 0.15) is 0 Å². The first-order valence-electron chi connectivity index (χ1n) is 7.32. The Labute approximate surface area is 132 Å². The number of nitrogens with one attached hydrogen (secondary N) is 1. The molecule has 2 aromatic rings. The predicted octanol–water partition coefficient (Wildman–Crippen LogP) is 3.05. The zero-order valence-corrected chi connectivity index (χ0v) is 12.4. The van der Waals surface area contributed by atoms with Gasteiger partial charge >= 0.3 is 0 Å². The van der Waals surface area contributed by atoms with Crippen LogP contribution in [0.5, 0.6) is 0 Å². The molecule has 0 spiro atoms. The highest BCUT2D eigenvalue weighted by Gasteiger charge is 2.13. The minimum atomic E-state index is -1.04. The molecule has 0 bridgehead atoms. The SMILES string of the molecule is O=C(Nc1cccc(N2CCOCC2)c1)c1ccc(F)c(F)c1. The monoisotopic (exact) mass is 318 g/mol. The summed E-state index contributed by atoms with van der Waals surface area (Å²) in [6.07, 6.45) is 0. The quantitative estimate of drug-likeness (QED) is 0.946. The van der Waals surface area contributed by atoms with Crippen LogP contribution in [0.1, 0.15) is 10.4 Å². The number of amides is 1. The molecule has 120 valence electrons. The Morgan fingerprint density at radius 3 is 2.57 bits per heavy atom. The van der Waals surface area contributed by atoms with Gasteiger partial charge in [0, 0.05) is 30.0 Å². The van der Waals surface area contributed by atoms with Crippen molar-refractivity contribution in [1.29, 1.82) is 0 Å². The number of nitrogens with zero attached hydrogens (tertiary/aromatic N) is 1. The third-order valence-electron chi connectivity index (χ3n) is 3.66. The van der Waals surface area contributed by atoms with Crippen molar-refractivity contribution in [3.8, 4) is 0 Å². The van der Waals surface area contributed by atoms with Crippen molar-refractivity contribution in [2.75, 3.05) is 36.5 Å². The number of carbonyl (C=O) groups excluding carboxylic acids is 1. The molecular weight excluding hydrogens is 302 g/mol. The van der Waals surface area contributed by atoms with E-state index in [-0.39, 0.29) is 5.56 Å². The number of benzene rings is 2.